The number of rotatable bonds is 4. The molecule has 8 nitrogen and oxygen atoms in total. The Kier molecular flexibility index (Phi) is 4.20. The summed E-state index contributed by atoms with van der Waals surface area (Å²) in [6.07, 6.45) is 3.59. The van der Waals surface area contributed by atoms with E-state index in [1.807, 2.05) is 44.4 Å². The van der Waals surface area contributed by atoms with Gasteiger partial charge in [-0.3, -0.25) is 13.9 Å². The van der Waals surface area contributed by atoms with E-state index in [0.29, 0.717) is 23.7 Å². The maximum Gasteiger partial charge on any atom is 0.332 e. The van der Waals surface area contributed by atoms with Crippen LogP contribution in [-0.4, -0.2) is 28.5 Å². The van der Waals surface area contributed by atoms with Crippen LogP contribution in [0.3, 0.4) is 0 Å². The highest BCUT2D eigenvalue weighted by atomic mass is 16.2. The monoisotopic (exact) mass is 342 g/mol. The van der Waals surface area contributed by atoms with Crippen molar-refractivity contribution in [3.8, 4) is 5.95 Å². The molecule has 0 N–H and O–H groups in total. The van der Waals surface area contributed by atoms with E-state index in [9.17, 15) is 9.59 Å². The molecule has 0 radical (unpaired) electrons. The Balaban J connectivity index is 2.43. The lowest BCUT2D eigenvalue weighted by atomic mass is 10.4. The predicted molar refractivity (Wildman–Crippen MR) is 96.3 cm³/mol. The maximum atomic E-state index is 12.9. The molecule has 0 aromatic carbocycles. The second kappa shape index (κ2) is 6.19. The van der Waals surface area contributed by atoms with Gasteiger partial charge in [0.05, 0.1) is 5.69 Å². The van der Waals surface area contributed by atoms with Crippen molar-refractivity contribution in [2.24, 2.45) is 7.05 Å². The molecule has 0 aliphatic carbocycles. The number of hydrogen-bond acceptors (Lipinski definition) is 4. The smallest absolute Gasteiger partial charge is 0.303 e. The van der Waals surface area contributed by atoms with Crippen LogP contribution in [0.15, 0.2) is 27.8 Å². The molecule has 3 heterocycles. The molecule has 3 aromatic heterocycles. The molecule has 0 bridgehead atoms. The van der Waals surface area contributed by atoms with Crippen molar-refractivity contribution in [2.75, 3.05) is 0 Å². The van der Waals surface area contributed by atoms with Crippen LogP contribution in [0.4, 0.5) is 0 Å². The molecule has 0 atom stereocenters. The number of imidazole rings is 1. The summed E-state index contributed by atoms with van der Waals surface area (Å²) >= 11 is 0. The van der Waals surface area contributed by atoms with Crippen molar-refractivity contribution in [3.05, 3.63) is 50.4 Å². The quantitative estimate of drug-likeness (QED) is 0.669. The van der Waals surface area contributed by atoms with E-state index in [4.69, 9.17) is 0 Å². The van der Waals surface area contributed by atoms with Crippen LogP contribution in [0.2, 0.25) is 0 Å². The fraction of sp³-hybridized carbons (Fsp3) is 0.412. The molecule has 132 valence electrons. The van der Waals surface area contributed by atoms with Crippen LogP contribution in [0.1, 0.15) is 25.2 Å². The molecular formula is C17H22N6O2. The minimum absolute atomic E-state index is 0.238. The number of aromatic nitrogens is 6. The zero-order valence-corrected chi connectivity index (χ0v) is 15.1. The largest absolute Gasteiger partial charge is 0.332 e. The van der Waals surface area contributed by atoms with Gasteiger partial charge in [-0.1, -0.05) is 12.2 Å². The summed E-state index contributed by atoms with van der Waals surface area (Å²) in [5.74, 6) is 0.541. The third-order valence-electron chi connectivity index (χ3n) is 4.25. The molecule has 0 spiro atoms. The minimum atomic E-state index is -0.378. The molecular weight excluding hydrogens is 320 g/mol. The Morgan fingerprint density at radius 3 is 2.48 bits per heavy atom. The molecule has 0 fully saturated rings. The minimum Gasteiger partial charge on any atom is -0.303 e. The van der Waals surface area contributed by atoms with Crippen molar-refractivity contribution in [1.82, 2.24) is 28.5 Å². The standard InChI is InChI=1S/C17H22N6O2/c1-6-8-9-22-15(24)13-14(20(5)17(22)25)18-16(21(13)7-2)23-12(4)10-11(3)19-23/h6,8,10H,7,9H2,1-5H3/b8-6+. The van der Waals surface area contributed by atoms with Crippen LogP contribution >= 0.6 is 0 Å². The Bertz CT molecular complexity index is 1090. The van der Waals surface area contributed by atoms with E-state index >= 15 is 0 Å². The van der Waals surface area contributed by atoms with Gasteiger partial charge in [0, 0.05) is 25.8 Å². The van der Waals surface area contributed by atoms with E-state index < -0.39 is 0 Å². The van der Waals surface area contributed by atoms with Crippen molar-refractivity contribution < 1.29 is 0 Å². The molecule has 8 heteroatoms. The zero-order chi connectivity index (χ0) is 18.3. The molecule has 0 saturated carbocycles. The van der Waals surface area contributed by atoms with Gasteiger partial charge in [0.15, 0.2) is 11.2 Å². The highest BCUT2D eigenvalue weighted by Crippen LogP contribution is 2.17. The van der Waals surface area contributed by atoms with Gasteiger partial charge in [-0.2, -0.15) is 10.1 Å². The average Bonchev–Trinajstić information content (AvgIpc) is 3.12. The molecule has 3 aromatic rings. The van der Waals surface area contributed by atoms with Crippen LogP contribution in [0, 0.1) is 13.8 Å². The van der Waals surface area contributed by atoms with Crippen molar-refractivity contribution in [2.45, 2.75) is 40.8 Å². The molecule has 0 aliphatic heterocycles. The third kappa shape index (κ3) is 2.54. The first-order chi connectivity index (χ1) is 11.9. The SMILES string of the molecule is C/C=C/Cn1c(=O)c2c(nc(-n3nc(C)cc3C)n2CC)n(C)c1=O. The topological polar surface area (TPSA) is 79.6 Å². The number of aryl methyl sites for hydroxylation is 4. The average molecular weight is 342 g/mol. The summed E-state index contributed by atoms with van der Waals surface area (Å²) in [6, 6.07) is 1.95. The number of fused-ring (bicyclic) bond motifs is 1. The second-order valence-electron chi connectivity index (χ2n) is 5.99. The number of hydrogen-bond donors (Lipinski definition) is 0. The summed E-state index contributed by atoms with van der Waals surface area (Å²) in [6.45, 7) is 8.41. The first-order valence-corrected chi connectivity index (χ1v) is 8.25. The molecule has 0 saturated heterocycles. The highest BCUT2D eigenvalue weighted by Gasteiger charge is 2.21. The number of allylic oxidation sites excluding steroid dienone is 2. The van der Waals surface area contributed by atoms with Gasteiger partial charge in [0.25, 0.3) is 5.56 Å². The van der Waals surface area contributed by atoms with Crippen LogP contribution < -0.4 is 11.2 Å². The van der Waals surface area contributed by atoms with E-state index in [1.165, 1.54) is 9.13 Å². The van der Waals surface area contributed by atoms with E-state index in [1.54, 1.807) is 17.8 Å². The van der Waals surface area contributed by atoms with Gasteiger partial charge in [-0.25, -0.2) is 9.48 Å². The zero-order valence-electron chi connectivity index (χ0n) is 15.1. The normalized spacial score (nSPS) is 11.9. The Labute approximate surface area is 144 Å². The van der Waals surface area contributed by atoms with Gasteiger partial charge in [-0.15, -0.1) is 0 Å². The predicted octanol–water partition coefficient (Wildman–Crippen LogP) is 1.30. The molecule has 0 aliphatic rings. The first kappa shape index (κ1) is 16.9. The van der Waals surface area contributed by atoms with Crippen molar-refractivity contribution in [3.63, 3.8) is 0 Å². The molecule has 0 amide bonds. The van der Waals surface area contributed by atoms with Gasteiger partial charge in [0.1, 0.15) is 0 Å². The summed E-state index contributed by atoms with van der Waals surface area (Å²) in [7, 11) is 1.63. The van der Waals surface area contributed by atoms with Crippen molar-refractivity contribution in [1.29, 1.82) is 0 Å². The van der Waals surface area contributed by atoms with E-state index in [0.717, 1.165) is 11.4 Å². The van der Waals surface area contributed by atoms with E-state index in [-0.39, 0.29) is 17.8 Å². The fourth-order valence-electron chi connectivity index (χ4n) is 3.02. The summed E-state index contributed by atoms with van der Waals surface area (Å²) in [5, 5.41) is 4.46. The van der Waals surface area contributed by atoms with E-state index in [2.05, 4.69) is 10.1 Å². The fourth-order valence-corrected chi connectivity index (χ4v) is 3.02. The summed E-state index contributed by atoms with van der Waals surface area (Å²) in [4.78, 5) is 30.1. The van der Waals surface area contributed by atoms with Crippen LogP contribution in [-0.2, 0) is 20.1 Å². The lowest BCUT2D eigenvalue weighted by molar-refractivity contribution is 0.657. The van der Waals surface area contributed by atoms with Crippen LogP contribution in [0.5, 0.6) is 0 Å². The summed E-state index contributed by atoms with van der Waals surface area (Å²) < 4.78 is 6.16. The highest BCUT2D eigenvalue weighted by molar-refractivity contribution is 5.72. The molecule has 0 unspecified atom stereocenters. The lowest BCUT2D eigenvalue weighted by Crippen LogP contribution is -2.39. The maximum absolute atomic E-state index is 12.9. The van der Waals surface area contributed by atoms with Gasteiger partial charge in [0.2, 0.25) is 5.95 Å². The summed E-state index contributed by atoms with van der Waals surface area (Å²) in [5.41, 5.74) is 1.86. The molecule has 3 rings (SSSR count). The second-order valence-corrected chi connectivity index (χ2v) is 5.99. The number of nitrogens with zero attached hydrogens (tertiary/aromatic N) is 6. The Hall–Kier alpha value is -2.90. The Morgan fingerprint density at radius 1 is 1.20 bits per heavy atom. The Morgan fingerprint density at radius 2 is 1.92 bits per heavy atom. The molecule has 25 heavy (non-hydrogen) atoms. The van der Waals surface area contributed by atoms with Gasteiger partial charge >= 0.3 is 5.69 Å². The lowest BCUT2D eigenvalue weighted by Gasteiger charge is -2.08. The third-order valence-corrected chi connectivity index (χ3v) is 4.25. The van der Waals surface area contributed by atoms with Crippen LogP contribution in [0.25, 0.3) is 17.1 Å². The van der Waals surface area contributed by atoms with Gasteiger partial charge in [-0.05, 0) is 33.8 Å². The van der Waals surface area contributed by atoms with Gasteiger partial charge < -0.3 is 4.57 Å². The first-order valence-electron chi connectivity index (χ1n) is 8.25. The van der Waals surface area contributed by atoms with Crippen molar-refractivity contribution >= 4 is 11.2 Å².